The predicted octanol–water partition coefficient (Wildman–Crippen LogP) is 4.90. The lowest BCUT2D eigenvalue weighted by Crippen LogP contribution is -2.49. The molecule has 3 atom stereocenters. The number of anilines is 3. The summed E-state index contributed by atoms with van der Waals surface area (Å²) in [6.45, 7) is 6.71. The van der Waals surface area contributed by atoms with Crippen molar-refractivity contribution in [2.24, 2.45) is 5.92 Å². The Balaban J connectivity index is 1.68. The first-order chi connectivity index (χ1) is 13.6. The molecule has 4 heterocycles. The number of rotatable bonds is 2. The van der Waals surface area contributed by atoms with Gasteiger partial charge in [-0.15, -0.1) is 0 Å². The van der Waals surface area contributed by atoms with E-state index in [1.165, 1.54) is 11.3 Å². The highest BCUT2D eigenvalue weighted by molar-refractivity contribution is 5.84. The van der Waals surface area contributed by atoms with Crippen LogP contribution < -0.4 is 9.80 Å². The molecule has 5 heteroatoms. The van der Waals surface area contributed by atoms with Gasteiger partial charge < -0.3 is 9.80 Å². The van der Waals surface area contributed by atoms with E-state index in [9.17, 15) is 0 Å². The molecule has 0 aliphatic carbocycles. The molecule has 0 radical (unpaired) electrons. The number of hydrogen-bond donors (Lipinski definition) is 0. The molecule has 1 aromatic carbocycles. The van der Waals surface area contributed by atoms with Crippen molar-refractivity contribution in [2.75, 3.05) is 16.8 Å². The van der Waals surface area contributed by atoms with Gasteiger partial charge in [-0.3, -0.25) is 4.98 Å². The Morgan fingerprint density at radius 2 is 1.89 bits per heavy atom. The summed E-state index contributed by atoms with van der Waals surface area (Å²) in [5, 5.41) is 0. The van der Waals surface area contributed by atoms with Crippen molar-refractivity contribution in [1.82, 2.24) is 15.0 Å². The van der Waals surface area contributed by atoms with Gasteiger partial charge in [-0.1, -0.05) is 32.0 Å². The third kappa shape index (κ3) is 2.28. The smallest absolute Gasteiger partial charge is 0.162 e. The van der Waals surface area contributed by atoms with Crippen LogP contribution in [0.2, 0.25) is 0 Å². The summed E-state index contributed by atoms with van der Waals surface area (Å²) < 4.78 is 0. The lowest BCUT2D eigenvalue weighted by molar-refractivity contribution is 0.339. The third-order valence-electron chi connectivity index (χ3n) is 6.45. The topological polar surface area (TPSA) is 45.2 Å². The van der Waals surface area contributed by atoms with Crippen LogP contribution in [-0.4, -0.2) is 28.2 Å². The molecule has 28 heavy (non-hydrogen) atoms. The maximum Gasteiger partial charge on any atom is 0.162 e. The highest BCUT2D eigenvalue weighted by Gasteiger charge is 2.47. The van der Waals surface area contributed by atoms with Crippen LogP contribution in [0.3, 0.4) is 0 Å². The molecule has 2 unspecified atom stereocenters. The van der Waals surface area contributed by atoms with Gasteiger partial charge in [0, 0.05) is 36.6 Å². The Bertz CT molecular complexity index is 1050. The van der Waals surface area contributed by atoms with E-state index >= 15 is 0 Å². The second-order valence-corrected chi connectivity index (χ2v) is 7.91. The van der Waals surface area contributed by atoms with Gasteiger partial charge in [-0.05, 0) is 42.5 Å². The lowest BCUT2D eigenvalue weighted by atomic mass is 9.79. The fourth-order valence-electron chi connectivity index (χ4n) is 4.99. The lowest BCUT2D eigenvalue weighted by Gasteiger charge is -2.45. The standard InChI is InChI=1S/C23H25N5/c1-5-16-15(3)18-8-6-7-9-19(18)28-20-13-25-21(17-10-11-24-12-14(17)2)26-22(20)27(4)23(16)28/h6-13,15-16,23H,5H2,1-4H3/t15-,16?,23?/m0/s1. The maximum atomic E-state index is 5.00. The molecular formula is C23H25N5. The molecule has 142 valence electrons. The predicted molar refractivity (Wildman–Crippen MR) is 113 cm³/mol. The van der Waals surface area contributed by atoms with E-state index in [0.29, 0.717) is 11.8 Å². The Labute approximate surface area is 166 Å². The molecule has 2 aliphatic heterocycles. The van der Waals surface area contributed by atoms with Crippen LogP contribution in [-0.2, 0) is 0 Å². The molecule has 0 fully saturated rings. The van der Waals surface area contributed by atoms with Crippen molar-refractivity contribution < 1.29 is 0 Å². The Kier molecular flexibility index (Phi) is 3.86. The minimum atomic E-state index is 0.271. The van der Waals surface area contributed by atoms with Crippen molar-refractivity contribution in [3.8, 4) is 11.4 Å². The van der Waals surface area contributed by atoms with Gasteiger partial charge in [-0.25, -0.2) is 9.97 Å². The summed E-state index contributed by atoms with van der Waals surface area (Å²) in [4.78, 5) is 18.7. The van der Waals surface area contributed by atoms with Crippen LogP contribution >= 0.6 is 0 Å². The van der Waals surface area contributed by atoms with Gasteiger partial charge >= 0.3 is 0 Å². The molecule has 5 nitrogen and oxygen atoms in total. The van der Waals surface area contributed by atoms with E-state index in [2.05, 4.69) is 66.9 Å². The second-order valence-electron chi connectivity index (χ2n) is 7.91. The van der Waals surface area contributed by atoms with Crippen molar-refractivity contribution in [3.05, 3.63) is 60.0 Å². The average Bonchev–Trinajstić information content (AvgIpc) is 3.01. The van der Waals surface area contributed by atoms with Gasteiger partial charge in [-0.2, -0.15) is 0 Å². The van der Waals surface area contributed by atoms with Crippen LogP contribution in [0.1, 0.15) is 37.3 Å². The van der Waals surface area contributed by atoms with Crippen LogP contribution in [0.4, 0.5) is 17.2 Å². The van der Waals surface area contributed by atoms with Crippen LogP contribution in [0, 0.1) is 12.8 Å². The van der Waals surface area contributed by atoms with E-state index in [1.54, 1.807) is 6.20 Å². The number of fused-ring (bicyclic) bond motifs is 5. The molecule has 0 saturated heterocycles. The van der Waals surface area contributed by atoms with Gasteiger partial charge in [0.1, 0.15) is 11.9 Å². The van der Waals surface area contributed by atoms with E-state index < -0.39 is 0 Å². The minimum absolute atomic E-state index is 0.271. The van der Waals surface area contributed by atoms with Crippen molar-refractivity contribution >= 4 is 17.2 Å². The Morgan fingerprint density at radius 3 is 2.68 bits per heavy atom. The van der Waals surface area contributed by atoms with Crippen LogP contribution in [0.25, 0.3) is 11.4 Å². The molecule has 0 amide bonds. The van der Waals surface area contributed by atoms with E-state index in [-0.39, 0.29) is 6.17 Å². The first kappa shape index (κ1) is 17.2. The fourth-order valence-corrected chi connectivity index (χ4v) is 4.99. The van der Waals surface area contributed by atoms with Crippen molar-refractivity contribution in [2.45, 2.75) is 39.3 Å². The van der Waals surface area contributed by atoms with Crippen LogP contribution in [0.15, 0.2) is 48.9 Å². The number of pyridine rings is 1. The molecular weight excluding hydrogens is 346 g/mol. The summed E-state index contributed by atoms with van der Waals surface area (Å²) >= 11 is 0. The first-order valence-corrected chi connectivity index (χ1v) is 10.0. The van der Waals surface area contributed by atoms with Gasteiger partial charge in [0.15, 0.2) is 11.6 Å². The second kappa shape index (κ2) is 6.30. The number of aromatic nitrogens is 3. The highest BCUT2D eigenvalue weighted by atomic mass is 15.4. The molecule has 0 saturated carbocycles. The molecule has 2 aromatic heterocycles. The SMILES string of the molecule is CCC1C2N(C)c3nc(-c4ccncc4C)ncc3N2c2ccccc2[C@H]1C. The number of hydrogen-bond acceptors (Lipinski definition) is 5. The number of para-hydroxylation sites is 1. The number of aryl methyl sites for hydroxylation is 1. The highest BCUT2D eigenvalue weighted by Crippen LogP contribution is 2.53. The zero-order chi connectivity index (χ0) is 19.4. The summed E-state index contributed by atoms with van der Waals surface area (Å²) in [7, 11) is 2.17. The van der Waals surface area contributed by atoms with E-state index in [0.717, 1.165) is 34.9 Å². The number of nitrogens with zero attached hydrogens (tertiary/aromatic N) is 5. The molecule has 2 aliphatic rings. The van der Waals surface area contributed by atoms with Gasteiger partial charge in [0.05, 0.1) is 6.20 Å². The van der Waals surface area contributed by atoms with Gasteiger partial charge in [0.25, 0.3) is 0 Å². The molecule has 0 spiro atoms. The molecule has 0 bridgehead atoms. The van der Waals surface area contributed by atoms with Crippen molar-refractivity contribution in [1.29, 1.82) is 0 Å². The third-order valence-corrected chi connectivity index (χ3v) is 6.45. The first-order valence-electron chi connectivity index (χ1n) is 10.0. The fraction of sp³-hybridized carbons (Fsp3) is 0.348. The largest absolute Gasteiger partial charge is 0.337 e. The maximum absolute atomic E-state index is 5.00. The average molecular weight is 371 g/mol. The molecule has 0 N–H and O–H groups in total. The zero-order valence-corrected chi connectivity index (χ0v) is 16.8. The normalized spacial score (nSPS) is 22.6. The summed E-state index contributed by atoms with van der Waals surface area (Å²) in [5.74, 6) is 2.81. The molecule has 3 aromatic rings. The summed E-state index contributed by atoms with van der Waals surface area (Å²) in [6, 6.07) is 10.8. The summed E-state index contributed by atoms with van der Waals surface area (Å²) in [6.07, 6.45) is 7.06. The van der Waals surface area contributed by atoms with Crippen molar-refractivity contribution in [3.63, 3.8) is 0 Å². The monoisotopic (exact) mass is 371 g/mol. The quantitative estimate of drug-likeness (QED) is 0.641. The van der Waals surface area contributed by atoms with Crippen LogP contribution in [0.5, 0.6) is 0 Å². The molecule has 5 rings (SSSR count). The van der Waals surface area contributed by atoms with E-state index in [4.69, 9.17) is 9.97 Å². The minimum Gasteiger partial charge on any atom is -0.337 e. The zero-order valence-electron chi connectivity index (χ0n) is 16.8. The van der Waals surface area contributed by atoms with Gasteiger partial charge in [0.2, 0.25) is 0 Å². The van der Waals surface area contributed by atoms with E-state index in [1.807, 2.05) is 18.5 Å². The summed E-state index contributed by atoms with van der Waals surface area (Å²) in [5.41, 5.74) is 5.93. The Hall–Kier alpha value is -2.95. The number of benzene rings is 1. The Morgan fingerprint density at radius 1 is 1.07 bits per heavy atom.